The van der Waals surface area contributed by atoms with Gasteiger partial charge in [0.1, 0.15) is 5.75 Å². The molecular formula is C10H14ClNO. The Morgan fingerprint density at radius 3 is 2.54 bits per heavy atom. The summed E-state index contributed by atoms with van der Waals surface area (Å²) >= 11 is 5.72. The zero-order chi connectivity index (χ0) is 9.68. The van der Waals surface area contributed by atoms with Gasteiger partial charge < -0.3 is 10.5 Å². The van der Waals surface area contributed by atoms with E-state index in [4.69, 9.17) is 22.1 Å². The van der Waals surface area contributed by atoms with Crippen LogP contribution in [0.4, 0.5) is 0 Å². The van der Waals surface area contributed by atoms with E-state index in [9.17, 15) is 0 Å². The molecule has 1 atom stereocenters. The van der Waals surface area contributed by atoms with Gasteiger partial charge >= 0.3 is 0 Å². The molecule has 1 aromatic carbocycles. The maximum absolute atomic E-state index is 5.72. The first kappa shape index (κ1) is 10.4. The molecule has 0 radical (unpaired) electrons. The zero-order valence-electron chi connectivity index (χ0n) is 7.66. The fourth-order valence-corrected chi connectivity index (χ4v) is 1.02. The largest absolute Gasteiger partial charge is 0.494 e. The zero-order valence-corrected chi connectivity index (χ0v) is 8.42. The minimum absolute atomic E-state index is 0.187. The van der Waals surface area contributed by atoms with Gasteiger partial charge in [-0.25, -0.2) is 0 Å². The summed E-state index contributed by atoms with van der Waals surface area (Å²) in [6.07, 6.45) is 0.864. The number of rotatable bonds is 4. The Hall–Kier alpha value is -0.730. The van der Waals surface area contributed by atoms with Gasteiger partial charge in [-0.3, -0.25) is 0 Å². The summed E-state index contributed by atoms with van der Waals surface area (Å²) in [5, 5.41) is 0.722. The molecule has 13 heavy (non-hydrogen) atoms. The van der Waals surface area contributed by atoms with Crippen LogP contribution in [0.1, 0.15) is 13.3 Å². The molecule has 0 bridgehead atoms. The van der Waals surface area contributed by atoms with Crippen molar-refractivity contribution >= 4 is 11.6 Å². The Labute approximate surface area is 83.6 Å². The van der Waals surface area contributed by atoms with Crippen molar-refractivity contribution in [3.8, 4) is 5.75 Å². The summed E-state index contributed by atoms with van der Waals surface area (Å²) in [7, 11) is 0. The summed E-state index contributed by atoms with van der Waals surface area (Å²) in [4.78, 5) is 0. The van der Waals surface area contributed by atoms with Gasteiger partial charge in [-0.2, -0.15) is 0 Å². The Morgan fingerprint density at radius 1 is 1.38 bits per heavy atom. The van der Waals surface area contributed by atoms with E-state index in [-0.39, 0.29) is 6.04 Å². The van der Waals surface area contributed by atoms with Crippen LogP contribution in [0.2, 0.25) is 5.02 Å². The van der Waals surface area contributed by atoms with E-state index in [0.29, 0.717) is 6.61 Å². The summed E-state index contributed by atoms with van der Waals surface area (Å²) in [5.41, 5.74) is 5.58. The molecule has 0 unspecified atom stereocenters. The van der Waals surface area contributed by atoms with E-state index in [1.165, 1.54) is 0 Å². The maximum Gasteiger partial charge on any atom is 0.119 e. The van der Waals surface area contributed by atoms with Crippen molar-refractivity contribution in [2.45, 2.75) is 19.4 Å². The summed E-state index contributed by atoms with van der Waals surface area (Å²) < 4.78 is 5.43. The van der Waals surface area contributed by atoms with Crippen LogP contribution in [-0.4, -0.2) is 12.6 Å². The number of nitrogens with two attached hydrogens (primary N) is 1. The molecule has 0 amide bonds. The molecule has 1 aromatic rings. The predicted molar refractivity (Wildman–Crippen MR) is 55.2 cm³/mol. The van der Waals surface area contributed by atoms with E-state index in [2.05, 4.69) is 0 Å². The predicted octanol–water partition coefficient (Wildman–Crippen LogP) is 2.46. The summed E-state index contributed by atoms with van der Waals surface area (Å²) in [6, 6.07) is 7.51. The van der Waals surface area contributed by atoms with Gasteiger partial charge in [0.05, 0.1) is 6.61 Å². The lowest BCUT2D eigenvalue weighted by molar-refractivity contribution is 0.301. The quantitative estimate of drug-likeness (QED) is 0.809. The van der Waals surface area contributed by atoms with Crippen molar-refractivity contribution in [2.75, 3.05) is 6.61 Å². The van der Waals surface area contributed by atoms with Crippen LogP contribution in [0.3, 0.4) is 0 Å². The van der Waals surface area contributed by atoms with Crippen LogP contribution >= 0.6 is 11.6 Å². The highest BCUT2D eigenvalue weighted by Crippen LogP contribution is 2.15. The average molecular weight is 200 g/mol. The van der Waals surface area contributed by atoms with E-state index >= 15 is 0 Å². The van der Waals surface area contributed by atoms with Crippen molar-refractivity contribution in [2.24, 2.45) is 5.73 Å². The molecule has 0 fully saturated rings. The molecule has 2 N–H and O–H groups in total. The topological polar surface area (TPSA) is 35.2 Å². The highest BCUT2D eigenvalue weighted by Gasteiger charge is 1.96. The van der Waals surface area contributed by atoms with Gasteiger partial charge in [0.15, 0.2) is 0 Å². The fourth-order valence-electron chi connectivity index (χ4n) is 0.893. The molecule has 0 heterocycles. The molecule has 0 aliphatic heterocycles. The third kappa shape index (κ3) is 4.15. The lowest BCUT2D eigenvalue weighted by Gasteiger charge is -2.07. The van der Waals surface area contributed by atoms with Gasteiger partial charge in [0, 0.05) is 11.1 Å². The Balaban J connectivity index is 2.33. The van der Waals surface area contributed by atoms with Crippen molar-refractivity contribution < 1.29 is 4.74 Å². The Bertz CT molecular complexity index is 246. The molecule has 2 nitrogen and oxygen atoms in total. The van der Waals surface area contributed by atoms with Crippen molar-refractivity contribution in [1.82, 2.24) is 0 Å². The van der Waals surface area contributed by atoms with E-state index in [0.717, 1.165) is 17.2 Å². The monoisotopic (exact) mass is 199 g/mol. The third-order valence-electron chi connectivity index (χ3n) is 1.66. The standard InChI is InChI=1S/C10H14ClNO/c1-8(12)6-7-13-10-4-2-9(11)3-5-10/h2-5,8H,6-7,12H2,1H3/t8-/m1/s1. The lowest BCUT2D eigenvalue weighted by atomic mass is 10.3. The second-order valence-electron chi connectivity index (χ2n) is 3.07. The molecule has 0 aromatic heterocycles. The summed E-state index contributed by atoms with van der Waals surface area (Å²) in [5.74, 6) is 0.838. The smallest absolute Gasteiger partial charge is 0.119 e. The highest BCUT2D eigenvalue weighted by molar-refractivity contribution is 6.30. The fraction of sp³-hybridized carbons (Fsp3) is 0.400. The van der Waals surface area contributed by atoms with Gasteiger partial charge in [-0.05, 0) is 37.6 Å². The first-order valence-corrected chi connectivity index (χ1v) is 4.70. The number of hydrogen-bond acceptors (Lipinski definition) is 2. The van der Waals surface area contributed by atoms with Crippen LogP contribution in [0.25, 0.3) is 0 Å². The summed E-state index contributed by atoms with van der Waals surface area (Å²) in [6.45, 7) is 2.62. The maximum atomic E-state index is 5.72. The van der Waals surface area contributed by atoms with E-state index in [1.807, 2.05) is 31.2 Å². The average Bonchev–Trinajstić information content (AvgIpc) is 2.08. The molecule has 0 spiro atoms. The minimum atomic E-state index is 0.187. The molecule has 0 saturated carbocycles. The van der Waals surface area contributed by atoms with E-state index < -0.39 is 0 Å². The third-order valence-corrected chi connectivity index (χ3v) is 1.91. The second kappa shape index (κ2) is 5.10. The first-order valence-electron chi connectivity index (χ1n) is 4.32. The molecule has 72 valence electrons. The van der Waals surface area contributed by atoms with Crippen LogP contribution in [-0.2, 0) is 0 Å². The SMILES string of the molecule is C[C@@H](N)CCOc1ccc(Cl)cc1. The van der Waals surface area contributed by atoms with Gasteiger partial charge in [0.2, 0.25) is 0 Å². The molecule has 1 rings (SSSR count). The molecule has 0 aliphatic rings. The number of benzene rings is 1. The Kier molecular flexibility index (Phi) is 4.06. The van der Waals surface area contributed by atoms with Crippen LogP contribution < -0.4 is 10.5 Å². The van der Waals surface area contributed by atoms with Crippen LogP contribution in [0.15, 0.2) is 24.3 Å². The van der Waals surface area contributed by atoms with Gasteiger partial charge in [-0.15, -0.1) is 0 Å². The van der Waals surface area contributed by atoms with Crippen molar-refractivity contribution in [3.63, 3.8) is 0 Å². The lowest BCUT2D eigenvalue weighted by Crippen LogP contribution is -2.18. The number of hydrogen-bond donors (Lipinski definition) is 1. The number of halogens is 1. The molecule has 3 heteroatoms. The number of ether oxygens (including phenoxy) is 1. The highest BCUT2D eigenvalue weighted by atomic mass is 35.5. The van der Waals surface area contributed by atoms with Gasteiger partial charge in [-0.1, -0.05) is 11.6 Å². The van der Waals surface area contributed by atoms with Crippen LogP contribution in [0.5, 0.6) is 5.75 Å². The van der Waals surface area contributed by atoms with Crippen LogP contribution in [0, 0.1) is 0 Å². The van der Waals surface area contributed by atoms with Crippen molar-refractivity contribution in [1.29, 1.82) is 0 Å². The van der Waals surface area contributed by atoms with Gasteiger partial charge in [0.25, 0.3) is 0 Å². The normalized spacial score (nSPS) is 12.5. The molecule has 0 saturated heterocycles. The first-order chi connectivity index (χ1) is 6.18. The minimum Gasteiger partial charge on any atom is -0.494 e. The molecule has 0 aliphatic carbocycles. The Morgan fingerprint density at radius 2 is 2.00 bits per heavy atom. The second-order valence-corrected chi connectivity index (χ2v) is 3.50. The van der Waals surface area contributed by atoms with E-state index in [1.54, 1.807) is 0 Å². The molecular weight excluding hydrogens is 186 g/mol. The van der Waals surface area contributed by atoms with Crippen molar-refractivity contribution in [3.05, 3.63) is 29.3 Å².